The second-order valence-electron chi connectivity index (χ2n) is 6.55. The lowest BCUT2D eigenvalue weighted by Crippen LogP contribution is -2.16. The van der Waals surface area contributed by atoms with Crippen molar-refractivity contribution in [2.45, 2.75) is 46.5 Å². The lowest BCUT2D eigenvalue weighted by Gasteiger charge is -2.20. The molecule has 2 N–H and O–H groups in total. The van der Waals surface area contributed by atoms with E-state index in [9.17, 15) is 9.90 Å². The molecule has 3 nitrogen and oxygen atoms in total. The molecule has 0 saturated heterocycles. The van der Waals surface area contributed by atoms with Gasteiger partial charge in [0, 0.05) is 5.69 Å². The summed E-state index contributed by atoms with van der Waals surface area (Å²) in [6.07, 6.45) is 0. The van der Waals surface area contributed by atoms with Gasteiger partial charge >= 0.3 is 0 Å². The van der Waals surface area contributed by atoms with Crippen LogP contribution in [0.2, 0.25) is 0 Å². The van der Waals surface area contributed by atoms with Gasteiger partial charge in [-0.2, -0.15) is 0 Å². The third-order valence-electron chi connectivity index (χ3n) is 4.09. The van der Waals surface area contributed by atoms with Gasteiger partial charge in [0.2, 0.25) is 0 Å². The summed E-state index contributed by atoms with van der Waals surface area (Å²) in [4.78, 5) is 12.7. The minimum Gasteiger partial charge on any atom is -0.507 e. The molecule has 0 aliphatic heterocycles. The molecule has 3 heteroatoms. The number of benzene rings is 2. The van der Waals surface area contributed by atoms with Crippen molar-refractivity contribution in [1.82, 2.24) is 0 Å². The van der Waals surface area contributed by atoms with Gasteiger partial charge in [-0.3, -0.25) is 4.79 Å². The quantitative estimate of drug-likeness (QED) is 0.815. The summed E-state index contributed by atoms with van der Waals surface area (Å²) in [7, 11) is 0. The predicted molar refractivity (Wildman–Crippen MR) is 95.4 cm³/mol. The molecular formula is C20H25NO2. The van der Waals surface area contributed by atoms with Crippen LogP contribution in [-0.4, -0.2) is 11.0 Å². The Bertz CT molecular complexity index is 691. The number of hydrogen-bond donors (Lipinski definition) is 2. The van der Waals surface area contributed by atoms with Crippen LogP contribution >= 0.6 is 0 Å². The Balaban J connectivity index is 2.46. The molecule has 0 aliphatic rings. The van der Waals surface area contributed by atoms with E-state index in [2.05, 4.69) is 33.0 Å². The van der Waals surface area contributed by atoms with Crippen molar-refractivity contribution in [3.05, 3.63) is 58.7 Å². The van der Waals surface area contributed by atoms with Crippen LogP contribution in [0.3, 0.4) is 0 Å². The Morgan fingerprint density at radius 2 is 1.48 bits per heavy atom. The number of para-hydroxylation sites is 2. The third kappa shape index (κ3) is 3.55. The van der Waals surface area contributed by atoms with E-state index in [4.69, 9.17) is 0 Å². The van der Waals surface area contributed by atoms with E-state index in [0.717, 1.165) is 16.8 Å². The Morgan fingerprint density at radius 3 is 2.00 bits per heavy atom. The average molecular weight is 311 g/mol. The van der Waals surface area contributed by atoms with Crippen LogP contribution in [0.15, 0.2) is 36.4 Å². The monoisotopic (exact) mass is 311 g/mol. The molecule has 23 heavy (non-hydrogen) atoms. The first-order chi connectivity index (χ1) is 10.8. The summed E-state index contributed by atoms with van der Waals surface area (Å²) in [6, 6.07) is 11.3. The fourth-order valence-corrected chi connectivity index (χ4v) is 2.72. The fraction of sp³-hybridized carbons (Fsp3) is 0.350. The summed E-state index contributed by atoms with van der Waals surface area (Å²) >= 11 is 0. The molecule has 0 saturated carbocycles. The van der Waals surface area contributed by atoms with Gasteiger partial charge in [-0.15, -0.1) is 0 Å². The SMILES string of the molecule is Cc1cccc(C(=O)Nc2c(C(C)C)cccc2C(C)C)c1O. The summed E-state index contributed by atoms with van der Waals surface area (Å²) < 4.78 is 0. The summed E-state index contributed by atoms with van der Waals surface area (Å²) in [5.74, 6) is 0.365. The average Bonchev–Trinajstić information content (AvgIpc) is 2.49. The maximum atomic E-state index is 12.7. The zero-order valence-corrected chi connectivity index (χ0v) is 14.5. The number of aryl methyl sites for hydroxylation is 1. The highest BCUT2D eigenvalue weighted by Crippen LogP contribution is 2.33. The Morgan fingerprint density at radius 1 is 0.957 bits per heavy atom. The normalized spacial score (nSPS) is 11.1. The number of hydrogen-bond acceptors (Lipinski definition) is 2. The van der Waals surface area contributed by atoms with E-state index in [1.54, 1.807) is 25.1 Å². The van der Waals surface area contributed by atoms with Crippen LogP contribution in [0.4, 0.5) is 5.69 Å². The highest BCUT2D eigenvalue weighted by molar-refractivity contribution is 6.07. The van der Waals surface area contributed by atoms with Crippen LogP contribution in [0, 0.1) is 6.92 Å². The number of phenolic OH excluding ortho intramolecular Hbond substituents is 1. The highest BCUT2D eigenvalue weighted by Gasteiger charge is 2.18. The highest BCUT2D eigenvalue weighted by atomic mass is 16.3. The number of carbonyl (C=O) groups is 1. The van der Waals surface area contributed by atoms with Gasteiger partial charge in [-0.25, -0.2) is 0 Å². The van der Waals surface area contributed by atoms with E-state index in [-0.39, 0.29) is 11.7 Å². The van der Waals surface area contributed by atoms with Gasteiger partial charge in [-0.05, 0) is 41.5 Å². The van der Waals surface area contributed by atoms with E-state index in [1.807, 2.05) is 18.2 Å². The van der Waals surface area contributed by atoms with Crippen molar-refractivity contribution in [2.75, 3.05) is 5.32 Å². The molecule has 2 aromatic carbocycles. The van der Waals surface area contributed by atoms with Crippen molar-refractivity contribution >= 4 is 11.6 Å². The second kappa shape index (κ2) is 6.86. The maximum Gasteiger partial charge on any atom is 0.259 e. The summed E-state index contributed by atoms with van der Waals surface area (Å²) in [6.45, 7) is 10.2. The Kier molecular flexibility index (Phi) is 5.09. The van der Waals surface area contributed by atoms with Crippen molar-refractivity contribution in [3.63, 3.8) is 0 Å². The molecule has 0 aromatic heterocycles. The summed E-state index contributed by atoms with van der Waals surface area (Å²) in [5, 5.41) is 13.2. The van der Waals surface area contributed by atoms with Gasteiger partial charge in [-0.1, -0.05) is 58.0 Å². The molecule has 0 radical (unpaired) electrons. The number of phenols is 1. The molecule has 1 amide bonds. The number of carbonyl (C=O) groups excluding carboxylic acids is 1. The topological polar surface area (TPSA) is 49.3 Å². The standard InChI is InChI=1S/C20H25NO2/c1-12(2)15-9-7-10-16(13(3)4)18(15)21-20(23)17-11-6-8-14(5)19(17)22/h6-13,22H,1-5H3,(H,21,23). The fourth-order valence-electron chi connectivity index (χ4n) is 2.72. The third-order valence-corrected chi connectivity index (χ3v) is 4.09. The number of amides is 1. The van der Waals surface area contributed by atoms with Gasteiger partial charge in [0.1, 0.15) is 5.75 Å². The second-order valence-corrected chi connectivity index (χ2v) is 6.55. The zero-order chi connectivity index (χ0) is 17.1. The largest absolute Gasteiger partial charge is 0.507 e. The Labute approximate surface area is 138 Å². The Hall–Kier alpha value is -2.29. The molecule has 122 valence electrons. The molecule has 2 rings (SSSR count). The van der Waals surface area contributed by atoms with Crippen LogP contribution in [0.5, 0.6) is 5.75 Å². The van der Waals surface area contributed by atoms with E-state index >= 15 is 0 Å². The van der Waals surface area contributed by atoms with Crippen molar-refractivity contribution < 1.29 is 9.90 Å². The van der Waals surface area contributed by atoms with Crippen molar-refractivity contribution in [3.8, 4) is 5.75 Å². The molecule has 0 unspecified atom stereocenters. The molecule has 2 aromatic rings. The van der Waals surface area contributed by atoms with Crippen LogP contribution < -0.4 is 5.32 Å². The first-order valence-electron chi connectivity index (χ1n) is 8.05. The first-order valence-corrected chi connectivity index (χ1v) is 8.05. The van der Waals surface area contributed by atoms with E-state index in [0.29, 0.717) is 23.0 Å². The molecule has 0 aliphatic carbocycles. The van der Waals surface area contributed by atoms with Crippen molar-refractivity contribution in [1.29, 1.82) is 0 Å². The lowest BCUT2D eigenvalue weighted by atomic mass is 9.92. The van der Waals surface area contributed by atoms with Gasteiger partial charge in [0.05, 0.1) is 5.56 Å². The van der Waals surface area contributed by atoms with E-state index < -0.39 is 0 Å². The number of nitrogens with one attached hydrogen (secondary N) is 1. The molecule has 0 spiro atoms. The van der Waals surface area contributed by atoms with Gasteiger partial charge < -0.3 is 10.4 Å². The molecule has 0 heterocycles. The van der Waals surface area contributed by atoms with Gasteiger partial charge in [0.25, 0.3) is 5.91 Å². The predicted octanol–water partition coefficient (Wildman–Crippen LogP) is 5.20. The minimum absolute atomic E-state index is 0.0399. The van der Waals surface area contributed by atoms with Crippen molar-refractivity contribution in [2.24, 2.45) is 0 Å². The van der Waals surface area contributed by atoms with Gasteiger partial charge in [0.15, 0.2) is 0 Å². The molecule has 0 atom stereocenters. The number of aromatic hydroxyl groups is 1. The lowest BCUT2D eigenvalue weighted by molar-refractivity contribution is 0.102. The zero-order valence-electron chi connectivity index (χ0n) is 14.5. The van der Waals surface area contributed by atoms with Crippen LogP contribution in [-0.2, 0) is 0 Å². The van der Waals surface area contributed by atoms with E-state index in [1.165, 1.54) is 0 Å². The minimum atomic E-state index is -0.277. The molecule has 0 bridgehead atoms. The molecular weight excluding hydrogens is 286 g/mol. The summed E-state index contributed by atoms with van der Waals surface area (Å²) in [5.41, 5.74) is 4.08. The van der Waals surface area contributed by atoms with Crippen LogP contribution in [0.1, 0.15) is 66.6 Å². The first kappa shape index (κ1) is 17.1. The molecule has 0 fully saturated rings. The number of rotatable bonds is 4. The smallest absolute Gasteiger partial charge is 0.259 e. The van der Waals surface area contributed by atoms with Crippen LogP contribution in [0.25, 0.3) is 0 Å². The number of anilines is 1. The maximum absolute atomic E-state index is 12.7.